The Balaban J connectivity index is 1.17. The molecule has 1 aromatic heterocycles. The molecule has 1 saturated heterocycles. The second-order valence-electron chi connectivity index (χ2n) is 15.6. The Bertz CT molecular complexity index is 1970. The fraction of sp³-hybridized carbons (Fsp3) is 0.400. The summed E-state index contributed by atoms with van der Waals surface area (Å²) in [6, 6.07) is 29.6. The molecular formula is C40H39BO3. The third-order valence-corrected chi connectivity index (χ3v) is 12.9. The van der Waals surface area contributed by atoms with Crippen LogP contribution in [0.1, 0.15) is 70.9 Å². The summed E-state index contributed by atoms with van der Waals surface area (Å²) in [5.41, 5.74) is 10.8. The molecule has 0 N–H and O–H groups in total. The molecule has 1 spiro atoms. The molecule has 220 valence electrons. The number of rotatable bonds is 2. The highest BCUT2D eigenvalue weighted by Crippen LogP contribution is 2.69. The van der Waals surface area contributed by atoms with Crippen LogP contribution in [0.5, 0.6) is 0 Å². The summed E-state index contributed by atoms with van der Waals surface area (Å²) in [5, 5.41) is 2.38. The van der Waals surface area contributed by atoms with Crippen LogP contribution in [0.2, 0.25) is 0 Å². The number of hydrogen-bond acceptors (Lipinski definition) is 3. The molecule has 0 amide bonds. The Morgan fingerprint density at radius 1 is 0.614 bits per heavy atom. The van der Waals surface area contributed by atoms with Crippen LogP contribution in [0.3, 0.4) is 0 Å². The maximum atomic E-state index is 6.54. The van der Waals surface area contributed by atoms with Gasteiger partial charge in [0, 0.05) is 21.8 Å². The zero-order chi connectivity index (χ0) is 29.6. The van der Waals surface area contributed by atoms with Crippen LogP contribution >= 0.6 is 0 Å². The van der Waals surface area contributed by atoms with Crippen molar-refractivity contribution < 1.29 is 13.7 Å². The van der Waals surface area contributed by atoms with Crippen LogP contribution in [0.25, 0.3) is 44.2 Å². The summed E-state index contributed by atoms with van der Waals surface area (Å²) < 4.78 is 19.6. The molecule has 4 aromatic carbocycles. The first kappa shape index (κ1) is 25.9. The molecule has 5 fully saturated rings. The second kappa shape index (κ2) is 8.47. The fourth-order valence-electron chi connectivity index (χ4n) is 10.5. The molecule has 5 aliphatic carbocycles. The van der Waals surface area contributed by atoms with Gasteiger partial charge in [-0.3, -0.25) is 0 Å². The topological polar surface area (TPSA) is 31.6 Å². The minimum atomic E-state index is -0.357. The van der Waals surface area contributed by atoms with Crippen LogP contribution in [-0.2, 0) is 14.7 Å². The SMILES string of the molecule is CC1(C)OB(c2ccc3c(c2)-c2ccc(-c4cccc5c4oc4ccccc45)cc2C32C3CC4CC(C3)CC2C4)OC1(C)C. The van der Waals surface area contributed by atoms with Crippen molar-refractivity contribution in [1.29, 1.82) is 0 Å². The van der Waals surface area contributed by atoms with E-state index in [-0.39, 0.29) is 23.7 Å². The van der Waals surface area contributed by atoms with Crippen molar-refractivity contribution in [3.8, 4) is 22.3 Å². The van der Waals surface area contributed by atoms with Crippen molar-refractivity contribution in [1.82, 2.24) is 0 Å². The molecule has 11 rings (SSSR count). The van der Waals surface area contributed by atoms with Crippen LogP contribution in [0.15, 0.2) is 83.3 Å². The fourth-order valence-corrected chi connectivity index (χ4v) is 10.5. The lowest BCUT2D eigenvalue weighted by molar-refractivity contribution is -0.0399. The van der Waals surface area contributed by atoms with Crippen molar-refractivity contribution >= 4 is 34.5 Å². The predicted octanol–water partition coefficient (Wildman–Crippen LogP) is 9.27. The van der Waals surface area contributed by atoms with Gasteiger partial charge in [0.1, 0.15) is 11.2 Å². The summed E-state index contributed by atoms with van der Waals surface area (Å²) >= 11 is 0. The molecule has 4 heteroatoms. The van der Waals surface area contributed by atoms with Gasteiger partial charge in [-0.15, -0.1) is 0 Å². The van der Waals surface area contributed by atoms with Gasteiger partial charge in [-0.1, -0.05) is 66.7 Å². The van der Waals surface area contributed by atoms with Gasteiger partial charge in [-0.05, 0) is 129 Å². The number of benzene rings is 4. The largest absolute Gasteiger partial charge is 0.494 e. The minimum Gasteiger partial charge on any atom is -0.455 e. The Kier molecular flexibility index (Phi) is 4.99. The van der Waals surface area contributed by atoms with Crippen molar-refractivity contribution in [3.63, 3.8) is 0 Å². The van der Waals surface area contributed by atoms with Gasteiger partial charge in [-0.2, -0.15) is 0 Å². The molecule has 4 bridgehead atoms. The van der Waals surface area contributed by atoms with Gasteiger partial charge in [-0.25, -0.2) is 0 Å². The van der Waals surface area contributed by atoms with E-state index in [1.165, 1.54) is 65.1 Å². The molecule has 2 heterocycles. The van der Waals surface area contributed by atoms with Crippen LogP contribution in [0.4, 0.5) is 0 Å². The first-order valence-corrected chi connectivity index (χ1v) is 16.8. The summed E-state index contributed by atoms with van der Waals surface area (Å²) in [4.78, 5) is 0. The standard InChI is InChI=1S/C40H39BO3/c1-38(2)39(3,4)44-41(43-38)28-13-15-34-33(22-28)30-14-12-25(29-9-7-10-32-31-8-5-6-11-36(31)42-37(29)32)21-35(30)40(34)26-17-23-16-24(19-26)20-27(40)18-23/h5-15,21-24,26-27H,16-20H2,1-4H3. The van der Waals surface area contributed by atoms with Gasteiger partial charge in [0.15, 0.2) is 0 Å². The van der Waals surface area contributed by atoms with Crippen LogP contribution < -0.4 is 5.46 Å². The molecule has 3 nitrogen and oxygen atoms in total. The van der Waals surface area contributed by atoms with E-state index in [4.69, 9.17) is 13.7 Å². The zero-order valence-electron chi connectivity index (χ0n) is 26.2. The van der Waals surface area contributed by atoms with E-state index in [0.717, 1.165) is 28.5 Å². The molecule has 5 aromatic rings. The molecular weight excluding hydrogens is 539 g/mol. The van der Waals surface area contributed by atoms with Gasteiger partial charge in [0.2, 0.25) is 0 Å². The molecule has 44 heavy (non-hydrogen) atoms. The number of hydrogen-bond donors (Lipinski definition) is 0. The van der Waals surface area contributed by atoms with Crippen molar-refractivity contribution in [2.24, 2.45) is 23.7 Å². The lowest BCUT2D eigenvalue weighted by Gasteiger charge is -2.61. The average Bonchev–Trinajstić information content (AvgIpc) is 3.60. The first-order chi connectivity index (χ1) is 21.2. The van der Waals surface area contributed by atoms with E-state index in [0.29, 0.717) is 11.8 Å². The Morgan fingerprint density at radius 3 is 2.07 bits per heavy atom. The highest BCUT2D eigenvalue weighted by molar-refractivity contribution is 6.62. The van der Waals surface area contributed by atoms with Gasteiger partial charge >= 0.3 is 7.12 Å². The molecule has 0 radical (unpaired) electrons. The average molecular weight is 579 g/mol. The van der Waals surface area contributed by atoms with E-state index in [9.17, 15) is 0 Å². The third kappa shape index (κ3) is 3.21. The molecule has 0 atom stereocenters. The van der Waals surface area contributed by atoms with Crippen molar-refractivity contribution in [2.45, 2.75) is 76.4 Å². The van der Waals surface area contributed by atoms with E-state index >= 15 is 0 Å². The van der Waals surface area contributed by atoms with Gasteiger partial charge in [0.25, 0.3) is 0 Å². The lowest BCUT2D eigenvalue weighted by Crippen LogP contribution is -2.55. The van der Waals surface area contributed by atoms with Crippen molar-refractivity contribution in [3.05, 3.63) is 90.0 Å². The zero-order valence-corrected chi connectivity index (χ0v) is 26.2. The highest BCUT2D eigenvalue weighted by atomic mass is 16.7. The van der Waals surface area contributed by atoms with E-state index in [2.05, 4.69) is 107 Å². The summed E-state index contributed by atoms with van der Waals surface area (Å²) in [6.45, 7) is 8.57. The maximum absolute atomic E-state index is 6.54. The van der Waals surface area contributed by atoms with Gasteiger partial charge < -0.3 is 13.7 Å². The summed E-state index contributed by atoms with van der Waals surface area (Å²) in [6.07, 6.45) is 6.93. The quantitative estimate of drug-likeness (QED) is 0.196. The maximum Gasteiger partial charge on any atom is 0.494 e. The molecule has 0 unspecified atom stereocenters. The molecule has 1 aliphatic heterocycles. The van der Waals surface area contributed by atoms with E-state index < -0.39 is 0 Å². The van der Waals surface area contributed by atoms with Crippen LogP contribution in [-0.4, -0.2) is 18.3 Å². The molecule has 6 aliphatic rings. The number of furan rings is 1. The van der Waals surface area contributed by atoms with E-state index in [1.54, 1.807) is 11.1 Å². The third-order valence-electron chi connectivity index (χ3n) is 12.9. The molecule has 4 saturated carbocycles. The van der Waals surface area contributed by atoms with E-state index in [1.807, 2.05) is 0 Å². The van der Waals surface area contributed by atoms with Crippen molar-refractivity contribution in [2.75, 3.05) is 0 Å². The monoisotopic (exact) mass is 578 g/mol. The normalized spacial score (nSPS) is 30.5. The summed E-state index contributed by atoms with van der Waals surface area (Å²) in [5.74, 6) is 3.23. The highest BCUT2D eigenvalue weighted by Gasteiger charge is 2.62. The minimum absolute atomic E-state index is 0.0876. The number of fused-ring (bicyclic) bond motifs is 6. The van der Waals surface area contributed by atoms with Gasteiger partial charge in [0.05, 0.1) is 11.2 Å². The lowest BCUT2D eigenvalue weighted by atomic mass is 9.43. The predicted molar refractivity (Wildman–Crippen MR) is 178 cm³/mol. The Labute approximate surface area is 260 Å². The first-order valence-electron chi connectivity index (χ1n) is 16.8. The second-order valence-corrected chi connectivity index (χ2v) is 15.6. The smallest absolute Gasteiger partial charge is 0.455 e. The van der Waals surface area contributed by atoms with Crippen LogP contribution in [0, 0.1) is 23.7 Å². The number of para-hydroxylation sites is 2. The summed E-state index contributed by atoms with van der Waals surface area (Å²) in [7, 11) is -0.353. The Hall–Kier alpha value is -3.34. The Morgan fingerprint density at radius 2 is 1.32 bits per heavy atom.